The molecule has 4 amide bonds. The highest BCUT2D eigenvalue weighted by Gasteiger charge is 2.32. The number of allylic oxidation sites excluding steroid dienone is 1. The van der Waals surface area contributed by atoms with E-state index in [-0.39, 0.29) is 30.8 Å². The Kier molecular flexibility index (Phi) is 8.50. The van der Waals surface area contributed by atoms with E-state index in [1.807, 2.05) is 43.3 Å². The van der Waals surface area contributed by atoms with Gasteiger partial charge in [0.25, 0.3) is 0 Å². The van der Waals surface area contributed by atoms with Gasteiger partial charge in [-0.1, -0.05) is 30.3 Å². The Morgan fingerprint density at radius 2 is 1.96 bits per heavy atom. The molecule has 2 aromatic carbocycles. The highest BCUT2D eigenvalue weighted by molar-refractivity contribution is 6.13. The number of nitrogens with zero attached hydrogens (tertiary/aromatic N) is 6. The number of fused-ring (bicyclic) bond motifs is 2. The average Bonchev–Trinajstić information content (AvgIpc) is 3.19. The summed E-state index contributed by atoms with van der Waals surface area (Å²) in [6.07, 6.45) is 7.97. The second kappa shape index (κ2) is 13.0. The SMILES string of the molecule is C=CCCC1=N[C@@H](CC(=O)Nc2ccc(C)c(N3Cc4cnc(Nc5cccnc5)nc4N(C)C3=O)c2)C(=O)Nc2ccccc21. The highest BCUT2D eigenvalue weighted by atomic mass is 16.2. The zero-order chi connectivity index (χ0) is 32.2. The van der Waals surface area contributed by atoms with Crippen molar-refractivity contribution >= 4 is 58.1 Å². The summed E-state index contributed by atoms with van der Waals surface area (Å²) in [6.45, 7) is 5.94. The predicted molar refractivity (Wildman–Crippen MR) is 179 cm³/mol. The summed E-state index contributed by atoms with van der Waals surface area (Å²) in [4.78, 5) is 60.8. The first kappa shape index (κ1) is 30.1. The van der Waals surface area contributed by atoms with E-state index >= 15 is 0 Å². The van der Waals surface area contributed by atoms with E-state index < -0.39 is 6.04 Å². The normalized spacial score (nSPS) is 15.6. The van der Waals surface area contributed by atoms with Crippen LogP contribution in [0, 0.1) is 6.92 Å². The molecule has 0 bridgehead atoms. The van der Waals surface area contributed by atoms with Crippen LogP contribution in [0.25, 0.3) is 0 Å². The summed E-state index contributed by atoms with van der Waals surface area (Å²) in [6, 6.07) is 15.3. The number of benzodiazepines with no additional fused rings is 1. The molecule has 0 unspecified atom stereocenters. The quantitative estimate of drug-likeness (QED) is 0.208. The Morgan fingerprint density at radius 3 is 2.76 bits per heavy atom. The third-order valence-electron chi connectivity index (χ3n) is 7.78. The number of pyridine rings is 1. The van der Waals surface area contributed by atoms with Crippen molar-refractivity contribution in [2.45, 2.75) is 38.8 Å². The summed E-state index contributed by atoms with van der Waals surface area (Å²) in [5.41, 5.74) is 5.72. The van der Waals surface area contributed by atoms with Gasteiger partial charge in [-0.25, -0.2) is 9.78 Å². The Balaban J connectivity index is 1.18. The molecule has 12 nitrogen and oxygen atoms in total. The molecule has 2 aliphatic rings. The molecule has 0 radical (unpaired) electrons. The van der Waals surface area contributed by atoms with Crippen LogP contribution in [0.15, 0.2) is 90.8 Å². The highest BCUT2D eigenvalue weighted by Crippen LogP contribution is 2.33. The Bertz CT molecular complexity index is 1860. The first-order valence-electron chi connectivity index (χ1n) is 14.9. The molecule has 1 atom stereocenters. The first-order valence-corrected chi connectivity index (χ1v) is 14.9. The maximum absolute atomic E-state index is 13.6. The number of amides is 4. The molecule has 46 heavy (non-hydrogen) atoms. The summed E-state index contributed by atoms with van der Waals surface area (Å²) in [5, 5.41) is 8.92. The summed E-state index contributed by atoms with van der Waals surface area (Å²) in [7, 11) is 1.66. The minimum atomic E-state index is -0.900. The van der Waals surface area contributed by atoms with Crippen LogP contribution in [0.3, 0.4) is 0 Å². The fourth-order valence-electron chi connectivity index (χ4n) is 5.44. The summed E-state index contributed by atoms with van der Waals surface area (Å²) < 4.78 is 0. The van der Waals surface area contributed by atoms with Crippen LogP contribution < -0.4 is 25.8 Å². The number of hydrogen-bond donors (Lipinski definition) is 3. The largest absolute Gasteiger partial charge is 0.330 e. The number of aromatic nitrogens is 3. The lowest BCUT2D eigenvalue weighted by Gasteiger charge is -2.35. The Labute approximate surface area is 266 Å². The molecule has 4 heterocycles. The smallest absolute Gasteiger partial charge is 0.326 e. The van der Waals surface area contributed by atoms with Crippen LogP contribution in [-0.4, -0.2) is 51.6 Å². The van der Waals surface area contributed by atoms with E-state index in [1.165, 1.54) is 4.90 Å². The van der Waals surface area contributed by atoms with Gasteiger partial charge in [0.15, 0.2) is 0 Å². The van der Waals surface area contributed by atoms with E-state index in [0.717, 1.165) is 28.1 Å². The van der Waals surface area contributed by atoms with Crippen molar-refractivity contribution < 1.29 is 14.4 Å². The summed E-state index contributed by atoms with van der Waals surface area (Å²) >= 11 is 0. The number of nitrogens with one attached hydrogen (secondary N) is 3. The number of carbonyl (C=O) groups excluding carboxylic acids is 3. The molecule has 0 aliphatic carbocycles. The van der Waals surface area contributed by atoms with Crippen molar-refractivity contribution in [3.05, 3.63) is 103 Å². The number of hydrogen-bond acceptors (Lipinski definition) is 8. The monoisotopic (exact) mass is 615 g/mol. The van der Waals surface area contributed by atoms with Gasteiger partial charge in [0.05, 0.1) is 30.5 Å². The van der Waals surface area contributed by atoms with Crippen LogP contribution in [0.4, 0.5) is 39.3 Å². The molecule has 0 fully saturated rings. The van der Waals surface area contributed by atoms with Crippen LogP contribution >= 0.6 is 0 Å². The molecule has 6 rings (SSSR count). The van der Waals surface area contributed by atoms with Crippen molar-refractivity contribution in [3.8, 4) is 0 Å². The number of urea groups is 1. The van der Waals surface area contributed by atoms with Gasteiger partial charge >= 0.3 is 6.03 Å². The maximum atomic E-state index is 13.6. The van der Waals surface area contributed by atoms with Crippen molar-refractivity contribution in [3.63, 3.8) is 0 Å². The number of rotatable bonds is 9. The van der Waals surface area contributed by atoms with Gasteiger partial charge in [0.1, 0.15) is 11.9 Å². The van der Waals surface area contributed by atoms with E-state index in [0.29, 0.717) is 41.7 Å². The molecule has 232 valence electrons. The third kappa shape index (κ3) is 6.32. The van der Waals surface area contributed by atoms with Crippen LogP contribution in [0.5, 0.6) is 0 Å². The molecular formula is C34H33N9O3. The average molecular weight is 616 g/mol. The third-order valence-corrected chi connectivity index (χ3v) is 7.78. The van der Waals surface area contributed by atoms with E-state index in [2.05, 4.69) is 37.5 Å². The first-order chi connectivity index (χ1) is 22.3. The second-order valence-electron chi connectivity index (χ2n) is 11.0. The van der Waals surface area contributed by atoms with Crippen molar-refractivity contribution in [1.29, 1.82) is 0 Å². The topological polar surface area (TPSA) is 145 Å². The second-order valence-corrected chi connectivity index (χ2v) is 11.0. The van der Waals surface area contributed by atoms with Gasteiger partial charge < -0.3 is 16.0 Å². The van der Waals surface area contributed by atoms with Gasteiger partial charge in [-0.05, 0) is 55.7 Å². The van der Waals surface area contributed by atoms with Gasteiger partial charge in [0, 0.05) is 47.7 Å². The number of carbonyl (C=O) groups is 3. The predicted octanol–water partition coefficient (Wildman–Crippen LogP) is 5.60. The fraction of sp³-hybridized carbons (Fsp3) is 0.206. The standard InChI is InChI=1S/C34H33N9O3/c1-4-5-11-26-25-10-6-7-12-27(25)40-32(45)28(39-26)17-30(44)37-23-14-13-21(2)29(16-23)43-20-22-18-36-33(38-24-9-8-15-35-19-24)41-31(22)42(3)34(43)46/h4,6-10,12-16,18-19,28H,1,5,11,17,20H2,2-3H3,(H,37,44)(H,40,45)(H,36,38,41)/t28-/m0/s1. The molecule has 2 aliphatic heterocycles. The number of para-hydroxylation sites is 1. The van der Waals surface area contributed by atoms with E-state index in [9.17, 15) is 14.4 Å². The van der Waals surface area contributed by atoms with Crippen LogP contribution in [0.2, 0.25) is 0 Å². The molecule has 2 aromatic heterocycles. The lowest BCUT2D eigenvalue weighted by Crippen LogP contribution is -2.46. The van der Waals surface area contributed by atoms with Crippen molar-refractivity contribution in [2.24, 2.45) is 4.99 Å². The van der Waals surface area contributed by atoms with Crippen molar-refractivity contribution in [1.82, 2.24) is 15.0 Å². The minimum Gasteiger partial charge on any atom is -0.326 e. The number of aryl methyl sites for hydroxylation is 1. The molecule has 0 saturated carbocycles. The van der Waals surface area contributed by atoms with Gasteiger partial charge in [-0.2, -0.15) is 4.98 Å². The number of benzene rings is 2. The maximum Gasteiger partial charge on any atom is 0.330 e. The molecule has 12 heteroatoms. The van der Waals surface area contributed by atoms with Crippen molar-refractivity contribution in [2.75, 3.05) is 32.8 Å². The van der Waals surface area contributed by atoms with E-state index in [4.69, 9.17) is 4.99 Å². The Hall–Kier alpha value is -5.91. The molecule has 0 spiro atoms. The van der Waals surface area contributed by atoms with Gasteiger partial charge in [-0.3, -0.25) is 29.4 Å². The van der Waals surface area contributed by atoms with Crippen LogP contribution in [-0.2, 0) is 16.1 Å². The van der Waals surface area contributed by atoms with Gasteiger partial charge in [-0.15, -0.1) is 6.58 Å². The van der Waals surface area contributed by atoms with Crippen LogP contribution in [0.1, 0.15) is 36.0 Å². The Morgan fingerprint density at radius 1 is 1.11 bits per heavy atom. The zero-order valence-corrected chi connectivity index (χ0v) is 25.5. The molecule has 0 saturated heterocycles. The zero-order valence-electron chi connectivity index (χ0n) is 25.5. The minimum absolute atomic E-state index is 0.147. The fourth-order valence-corrected chi connectivity index (χ4v) is 5.44. The molecule has 4 aromatic rings. The molecule has 3 N–H and O–H groups in total. The molecular weight excluding hydrogens is 582 g/mol. The van der Waals surface area contributed by atoms with E-state index in [1.54, 1.807) is 54.8 Å². The van der Waals surface area contributed by atoms with Gasteiger partial charge in [0.2, 0.25) is 17.8 Å². The number of aliphatic imine (C=N–C) groups is 1. The lowest BCUT2D eigenvalue weighted by molar-refractivity contribution is -0.122. The number of anilines is 6. The summed E-state index contributed by atoms with van der Waals surface area (Å²) in [5.74, 6) is 0.135. The lowest BCUT2D eigenvalue weighted by atomic mass is 10.0.